The van der Waals surface area contributed by atoms with Gasteiger partial charge in [0.2, 0.25) is 0 Å². The number of hydrogen-bond acceptors (Lipinski definition) is 6. The van der Waals surface area contributed by atoms with Crippen LogP contribution in [0.1, 0.15) is 36.6 Å². The maximum Gasteiger partial charge on any atom is 0.337 e. The lowest BCUT2D eigenvalue weighted by Crippen LogP contribution is -2.55. The van der Waals surface area contributed by atoms with Crippen LogP contribution in [0.4, 0.5) is 0 Å². The minimum atomic E-state index is -2.13. The lowest BCUT2D eigenvalue weighted by Gasteiger charge is -2.30. The number of ether oxygens (including phenoxy) is 2. The van der Waals surface area contributed by atoms with Crippen molar-refractivity contribution in [2.45, 2.75) is 12.3 Å². The van der Waals surface area contributed by atoms with Gasteiger partial charge in [0.25, 0.3) is 11.8 Å². The second-order valence-corrected chi connectivity index (χ2v) is 5.83. The normalized spacial score (nSPS) is 21.0. The molecule has 0 bridgehead atoms. The topological polar surface area (TPSA) is 93.1 Å². The molecule has 7 heteroatoms. The minimum absolute atomic E-state index is 0.140. The first-order valence-electron chi connectivity index (χ1n) is 7.55. The van der Waals surface area contributed by atoms with Crippen LogP contribution >= 0.6 is 0 Å². The number of hydrogen-bond donors (Lipinski definition) is 1. The number of esters is 1. The van der Waals surface area contributed by atoms with Crippen LogP contribution in [-0.4, -0.2) is 40.8 Å². The van der Waals surface area contributed by atoms with Gasteiger partial charge in [-0.3, -0.25) is 9.59 Å². The molecule has 2 amide bonds. The van der Waals surface area contributed by atoms with Crippen LogP contribution in [0.5, 0.6) is 5.75 Å². The second-order valence-electron chi connectivity index (χ2n) is 5.83. The van der Waals surface area contributed by atoms with Crippen molar-refractivity contribution in [1.29, 1.82) is 0 Å². The van der Waals surface area contributed by atoms with E-state index in [0.29, 0.717) is 11.3 Å². The van der Waals surface area contributed by atoms with Gasteiger partial charge in [-0.1, -0.05) is 12.1 Å². The first kappa shape index (κ1) is 15.3. The molecule has 0 saturated carbocycles. The van der Waals surface area contributed by atoms with Crippen molar-refractivity contribution in [2.75, 3.05) is 7.11 Å². The van der Waals surface area contributed by atoms with Crippen molar-refractivity contribution in [3.63, 3.8) is 0 Å². The molecule has 2 aliphatic rings. The molecule has 25 heavy (non-hydrogen) atoms. The highest BCUT2D eigenvalue weighted by atomic mass is 16.7. The Hall–Kier alpha value is -3.19. The fourth-order valence-electron chi connectivity index (χ4n) is 3.15. The van der Waals surface area contributed by atoms with Crippen LogP contribution in [0, 0.1) is 0 Å². The van der Waals surface area contributed by atoms with Crippen molar-refractivity contribution in [3.8, 4) is 5.75 Å². The van der Waals surface area contributed by atoms with E-state index in [0.717, 1.165) is 4.90 Å². The van der Waals surface area contributed by atoms with Crippen LogP contribution in [0.25, 0.3) is 0 Å². The van der Waals surface area contributed by atoms with Crippen molar-refractivity contribution in [1.82, 2.24) is 4.90 Å². The number of carbonyl (C=O) groups is 3. The summed E-state index contributed by atoms with van der Waals surface area (Å²) in [6, 6.07) is 10.8. The number of methoxy groups -OCH3 is 1. The smallest absolute Gasteiger partial charge is 0.337 e. The molecular weight excluding hydrogens is 326 g/mol. The number of benzene rings is 2. The third-order valence-corrected chi connectivity index (χ3v) is 4.32. The molecule has 0 aliphatic carbocycles. The molecular formula is C18H13NO6. The van der Waals surface area contributed by atoms with Gasteiger partial charge in [-0.25, -0.2) is 9.69 Å². The summed E-state index contributed by atoms with van der Waals surface area (Å²) in [6.45, 7) is 0. The van der Waals surface area contributed by atoms with Crippen molar-refractivity contribution >= 4 is 17.8 Å². The van der Waals surface area contributed by atoms with E-state index in [1.165, 1.54) is 37.4 Å². The van der Waals surface area contributed by atoms with Crippen molar-refractivity contribution in [3.05, 3.63) is 64.7 Å². The summed E-state index contributed by atoms with van der Waals surface area (Å²) in [5.74, 6) is -3.61. The lowest BCUT2D eigenvalue weighted by atomic mass is 10.1. The van der Waals surface area contributed by atoms with Crippen LogP contribution in [0.2, 0.25) is 0 Å². The Kier molecular flexibility index (Phi) is 3.16. The van der Waals surface area contributed by atoms with E-state index < -0.39 is 23.7 Å². The molecule has 2 heterocycles. The Balaban J connectivity index is 1.70. The zero-order chi connectivity index (χ0) is 17.8. The lowest BCUT2D eigenvalue weighted by molar-refractivity contribution is -0.193. The third kappa shape index (κ3) is 2.13. The zero-order valence-corrected chi connectivity index (χ0v) is 13.2. The molecule has 1 N–H and O–H groups in total. The number of carbonyl (C=O) groups excluding carboxylic acids is 3. The molecule has 1 atom stereocenters. The maximum atomic E-state index is 12.6. The van der Waals surface area contributed by atoms with Gasteiger partial charge in [-0.2, -0.15) is 0 Å². The molecule has 1 unspecified atom stereocenters. The van der Waals surface area contributed by atoms with Crippen molar-refractivity contribution in [2.24, 2.45) is 0 Å². The Bertz CT molecular complexity index is 902. The average Bonchev–Trinajstić information content (AvgIpc) is 3.08. The Morgan fingerprint density at radius 2 is 1.80 bits per heavy atom. The highest BCUT2D eigenvalue weighted by molar-refractivity contribution is 6.21. The summed E-state index contributed by atoms with van der Waals surface area (Å²) in [4.78, 5) is 37.5. The van der Waals surface area contributed by atoms with E-state index in [9.17, 15) is 19.5 Å². The summed E-state index contributed by atoms with van der Waals surface area (Å²) in [5, 5.41) is 10.9. The van der Waals surface area contributed by atoms with E-state index >= 15 is 0 Å². The average molecular weight is 339 g/mol. The molecule has 2 aromatic carbocycles. The highest BCUT2D eigenvalue weighted by Gasteiger charge is 2.53. The van der Waals surface area contributed by atoms with E-state index in [-0.39, 0.29) is 23.1 Å². The molecule has 0 saturated heterocycles. The van der Waals surface area contributed by atoms with Crippen LogP contribution < -0.4 is 4.74 Å². The Labute approximate surface area is 142 Å². The van der Waals surface area contributed by atoms with Crippen LogP contribution in [0.3, 0.4) is 0 Å². The molecule has 7 nitrogen and oxygen atoms in total. The number of amides is 2. The monoisotopic (exact) mass is 339 g/mol. The predicted molar refractivity (Wildman–Crippen MR) is 84.0 cm³/mol. The molecule has 2 aromatic rings. The number of imide groups is 1. The van der Waals surface area contributed by atoms with Crippen LogP contribution in [0.15, 0.2) is 42.5 Å². The summed E-state index contributed by atoms with van der Waals surface area (Å²) in [6.07, 6.45) is -0.140. The zero-order valence-electron chi connectivity index (χ0n) is 13.2. The number of aliphatic hydroxyl groups is 1. The van der Waals surface area contributed by atoms with Gasteiger partial charge in [-0.15, -0.1) is 0 Å². The number of nitrogens with zero attached hydrogens (tertiary/aromatic N) is 1. The van der Waals surface area contributed by atoms with E-state index in [1.54, 1.807) is 12.1 Å². The van der Waals surface area contributed by atoms with E-state index in [4.69, 9.17) is 4.74 Å². The predicted octanol–water partition coefficient (Wildman–Crippen LogP) is 1.35. The molecule has 0 aromatic heterocycles. The van der Waals surface area contributed by atoms with Gasteiger partial charge < -0.3 is 14.6 Å². The van der Waals surface area contributed by atoms with Gasteiger partial charge in [0.05, 0.1) is 30.2 Å². The third-order valence-electron chi connectivity index (χ3n) is 4.32. The first-order chi connectivity index (χ1) is 11.9. The quantitative estimate of drug-likeness (QED) is 0.656. The Morgan fingerprint density at radius 3 is 2.40 bits per heavy atom. The van der Waals surface area contributed by atoms with Gasteiger partial charge in [-0.05, 0) is 30.3 Å². The summed E-state index contributed by atoms with van der Waals surface area (Å²) in [5.41, 5.74) is 1.23. The SMILES string of the molecule is COC(=O)c1ccc2c(c1)CC(O)(N1C(=O)c3ccccc3C1=O)O2. The number of rotatable bonds is 2. The van der Waals surface area contributed by atoms with Gasteiger partial charge in [0, 0.05) is 5.56 Å². The second kappa shape index (κ2) is 5.15. The highest BCUT2D eigenvalue weighted by Crippen LogP contribution is 2.39. The fraction of sp³-hybridized carbons (Fsp3) is 0.167. The van der Waals surface area contributed by atoms with Gasteiger partial charge in [0.1, 0.15) is 5.75 Å². The van der Waals surface area contributed by atoms with E-state index in [1.807, 2.05) is 0 Å². The van der Waals surface area contributed by atoms with Crippen molar-refractivity contribution < 1.29 is 29.0 Å². The molecule has 4 rings (SSSR count). The minimum Gasteiger partial charge on any atom is -0.465 e. The first-order valence-corrected chi connectivity index (χ1v) is 7.55. The fourth-order valence-corrected chi connectivity index (χ4v) is 3.15. The molecule has 0 radical (unpaired) electrons. The standard InChI is InChI=1S/C18H13NO6/c1-24-17(22)10-6-7-14-11(8-10)9-18(23,25-14)19-15(20)12-4-2-3-5-13(12)16(19)21/h2-8,23H,9H2,1H3. The maximum absolute atomic E-state index is 12.6. The molecule has 0 fully saturated rings. The number of fused-ring (bicyclic) bond motifs is 2. The largest absolute Gasteiger partial charge is 0.465 e. The molecule has 126 valence electrons. The molecule has 0 spiro atoms. The summed E-state index contributed by atoms with van der Waals surface area (Å²) >= 11 is 0. The Morgan fingerprint density at radius 1 is 1.16 bits per heavy atom. The van der Waals surface area contributed by atoms with Gasteiger partial charge in [0.15, 0.2) is 0 Å². The summed E-state index contributed by atoms with van der Waals surface area (Å²) in [7, 11) is 1.27. The van der Waals surface area contributed by atoms with Gasteiger partial charge >= 0.3 is 11.9 Å². The summed E-state index contributed by atoms with van der Waals surface area (Å²) < 4.78 is 10.2. The van der Waals surface area contributed by atoms with Crippen LogP contribution in [-0.2, 0) is 11.2 Å². The molecule has 2 aliphatic heterocycles. The van der Waals surface area contributed by atoms with E-state index in [2.05, 4.69) is 4.74 Å².